The van der Waals surface area contributed by atoms with Gasteiger partial charge in [-0.1, -0.05) is 35.5 Å². The van der Waals surface area contributed by atoms with E-state index >= 15 is 0 Å². The van der Waals surface area contributed by atoms with Gasteiger partial charge >= 0.3 is 5.97 Å². The maximum absolute atomic E-state index is 11.6. The second-order valence-electron chi connectivity index (χ2n) is 4.22. The number of oxime groups is 1. The molecule has 3 N–H and O–H groups in total. The first kappa shape index (κ1) is 13.7. The van der Waals surface area contributed by atoms with Crippen molar-refractivity contribution in [2.24, 2.45) is 10.9 Å². The first-order chi connectivity index (χ1) is 9.75. The topological polar surface area (TPSA) is 78.8 Å². The van der Waals surface area contributed by atoms with Crippen LogP contribution in [0.2, 0.25) is 0 Å². The molecular formula is C15H16N3O2+. The van der Waals surface area contributed by atoms with Gasteiger partial charge in [0.25, 0.3) is 0 Å². The number of nitrogens with one attached hydrogen (secondary N) is 1. The minimum absolute atomic E-state index is 0.162. The molecule has 0 saturated heterocycles. The molecule has 0 atom stereocenters. The van der Waals surface area contributed by atoms with Crippen molar-refractivity contribution in [3.63, 3.8) is 0 Å². The molecule has 5 heteroatoms. The highest BCUT2D eigenvalue weighted by Crippen LogP contribution is 2.03. The third kappa shape index (κ3) is 4.20. The number of rotatable bonds is 5. The summed E-state index contributed by atoms with van der Waals surface area (Å²) in [5.41, 5.74) is 7.46. The normalized spacial score (nSPS) is 11.1. The minimum atomic E-state index is -0.406. The Morgan fingerprint density at radius 3 is 2.70 bits per heavy atom. The highest BCUT2D eigenvalue weighted by molar-refractivity contribution is 5.96. The van der Waals surface area contributed by atoms with Gasteiger partial charge in [0, 0.05) is 6.07 Å². The summed E-state index contributed by atoms with van der Waals surface area (Å²) in [6, 6.07) is 13.3. The summed E-state index contributed by atoms with van der Waals surface area (Å²) < 4.78 is 0. The van der Waals surface area contributed by atoms with Crippen molar-refractivity contribution in [3.8, 4) is 0 Å². The number of aromatic nitrogens is 1. The first-order valence-electron chi connectivity index (χ1n) is 6.29. The summed E-state index contributed by atoms with van der Waals surface area (Å²) in [7, 11) is 0. The van der Waals surface area contributed by atoms with E-state index in [4.69, 9.17) is 10.6 Å². The smallest absolute Gasteiger partial charge is 0.335 e. The van der Waals surface area contributed by atoms with E-state index < -0.39 is 5.97 Å². The van der Waals surface area contributed by atoms with Crippen LogP contribution in [0.1, 0.15) is 17.5 Å². The predicted octanol–water partition coefficient (Wildman–Crippen LogP) is 1.30. The van der Waals surface area contributed by atoms with Gasteiger partial charge in [0.05, 0.1) is 12.0 Å². The monoisotopic (exact) mass is 270 g/mol. The first-order valence-corrected chi connectivity index (χ1v) is 6.29. The number of aryl methyl sites for hydroxylation is 1. The number of hydrogen-bond donors (Lipinski definition) is 1. The van der Waals surface area contributed by atoms with E-state index in [-0.39, 0.29) is 12.3 Å². The molecule has 1 heterocycles. The molecule has 1 aromatic carbocycles. The zero-order chi connectivity index (χ0) is 14.2. The van der Waals surface area contributed by atoms with Gasteiger partial charge in [-0.3, -0.25) is 0 Å². The van der Waals surface area contributed by atoms with Gasteiger partial charge in [-0.15, -0.1) is 0 Å². The Morgan fingerprint density at radius 1 is 1.20 bits per heavy atom. The van der Waals surface area contributed by atoms with E-state index in [0.717, 1.165) is 5.56 Å². The molecular weight excluding hydrogens is 254 g/mol. The van der Waals surface area contributed by atoms with Crippen LogP contribution in [0.15, 0.2) is 60.0 Å². The van der Waals surface area contributed by atoms with Gasteiger partial charge in [-0.05, 0) is 18.1 Å². The summed E-state index contributed by atoms with van der Waals surface area (Å²) in [5.74, 6) is -0.244. The fourth-order valence-corrected chi connectivity index (χ4v) is 1.64. The molecule has 0 saturated carbocycles. The van der Waals surface area contributed by atoms with Gasteiger partial charge in [-0.25, -0.2) is 9.78 Å². The average Bonchev–Trinajstić information content (AvgIpc) is 2.52. The van der Waals surface area contributed by atoms with Crippen LogP contribution < -0.4 is 10.7 Å². The summed E-state index contributed by atoms with van der Waals surface area (Å²) in [4.78, 5) is 19.2. The molecule has 0 amide bonds. The van der Waals surface area contributed by atoms with Gasteiger partial charge in [-0.2, -0.15) is 0 Å². The second kappa shape index (κ2) is 7.04. The largest absolute Gasteiger partial charge is 0.380 e. The predicted molar refractivity (Wildman–Crippen MR) is 74.6 cm³/mol. The lowest BCUT2D eigenvalue weighted by molar-refractivity contribution is -0.378. The molecule has 0 aliphatic rings. The fraction of sp³-hybridized carbons (Fsp3) is 0.133. The molecule has 2 aromatic rings. The van der Waals surface area contributed by atoms with Crippen LogP contribution in [-0.2, 0) is 16.1 Å². The summed E-state index contributed by atoms with van der Waals surface area (Å²) in [6.07, 6.45) is 4.31. The highest BCUT2D eigenvalue weighted by Gasteiger charge is 2.06. The molecule has 1 aromatic heterocycles. The lowest BCUT2D eigenvalue weighted by Gasteiger charge is -2.00. The second-order valence-corrected chi connectivity index (χ2v) is 4.22. The van der Waals surface area contributed by atoms with E-state index in [2.05, 4.69) is 10.1 Å². The van der Waals surface area contributed by atoms with E-state index in [1.54, 1.807) is 24.5 Å². The lowest BCUT2D eigenvalue weighted by Crippen LogP contribution is -2.17. The number of H-pyrrole nitrogens is 1. The molecule has 20 heavy (non-hydrogen) atoms. The Kier molecular flexibility index (Phi) is 4.83. The molecule has 0 bridgehead atoms. The SMILES string of the molecule is NC(=NOC(=O)CCc1ccccc1)c1ccc[nH+]c1. The maximum Gasteiger partial charge on any atom is 0.335 e. The molecule has 102 valence electrons. The molecule has 5 nitrogen and oxygen atoms in total. The number of nitrogens with two attached hydrogens (primary N) is 1. The van der Waals surface area contributed by atoms with Gasteiger partial charge in [0.2, 0.25) is 0 Å². The quantitative estimate of drug-likeness (QED) is 0.385. The van der Waals surface area contributed by atoms with Crippen molar-refractivity contribution in [3.05, 3.63) is 66.0 Å². The van der Waals surface area contributed by atoms with Gasteiger partial charge in [0.1, 0.15) is 0 Å². The van der Waals surface area contributed by atoms with Crippen LogP contribution in [0.4, 0.5) is 0 Å². The number of carbonyl (C=O) groups excluding carboxylic acids is 1. The number of aromatic amines is 1. The Bertz CT molecular complexity index is 583. The Hall–Kier alpha value is -2.69. The van der Waals surface area contributed by atoms with E-state index in [1.165, 1.54) is 0 Å². The Balaban J connectivity index is 1.83. The van der Waals surface area contributed by atoms with E-state index in [9.17, 15) is 4.79 Å². The molecule has 0 fully saturated rings. The zero-order valence-corrected chi connectivity index (χ0v) is 11.0. The van der Waals surface area contributed by atoms with Crippen LogP contribution in [0, 0.1) is 0 Å². The molecule has 0 aliphatic heterocycles. The van der Waals surface area contributed by atoms with Crippen LogP contribution in [0.5, 0.6) is 0 Å². The molecule has 0 spiro atoms. The van der Waals surface area contributed by atoms with Gasteiger partial charge in [0.15, 0.2) is 18.2 Å². The Labute approximate surface area is 117 Å². The minimum Gasteiger partial charge on any atom is -0.380 e. The lowest BCUT2D eigenvalue weighted by atomic mass is 10.1. The van der Waals surface area contributed by atoms with Crippen LogP contribution in [0.3, 0.4) is 0 Å². The number of pyridine rings is 1. The average molecular weight is 270 g/mol. The van der Waals surface area contributed by atoms with Gasteiger partial charge < -0.3 is 10.6 Å². The van der Waals surface area contributed by atoms with Crippen LogP contribution in [0.25, 0.3) is 0 Å². The maximum atomic E-state index is 11.6. The summed E-state index contributed by atoms with van der Waals surface area (Å²) >= 11 is 0. The summed E-state index contributed by atoms with van der Waals surface area (Å²) in [6.45, 7) is 0. The number of nitrogens with zero attached hydrogens (tertiary/aromatic N) is 1. The van der Waals surface area contributed by atoms with Crippen molar-refractivity contribution < 1.29 is 14.6 Å². The summed E-state index contributed by atoms with van der Waals surface area (Å²) in [5, 5.41) is 3.63. The number of hydrogen-bond acceptors (Lipinski definition) is 3. The van der Waals surface area contributed by atoms with Crippen LogP contribution >= 0.6 is 0 Å². The number of benzene rings is 1. The molecule has 0 radical (unpaired) electrons. The highest BCUT2D eigenvalue weighted by atomic mass is 16.7. The third-order valence-corrected chi connectivity index (χ3v) is 2.71. The van der Waals surface area contributed by atoms with Crippen molar-refractivity contribution in [1.82, 2.24) is 0 Å². The van der Waals surface area contributed by atoms with Crippen molar-refractivity contribution in [2.45, 2.75) is 12.8 Å². The van der Waals surface area contributed by atoms with Crippen molar-refractivity contribution in [2.75, 3.05) is 0 Å². The number of amidine groups is 1. The molecule has 0 unspecified atom stereocenters. The zero-order valence-electron chi connectivity index (χ0n) is 11.0. The van der Waals surface area contributed by atoms with Crippen molar-refractivity contribution in [1.29, 1.82) is 0 Å². The third-order valence-electron chi connectivity index (χ3n) is 2.71. The standard InChI is InChI=1S/C15H15N3O2/c16-15(13-7-4-10-17-11-13)18-20-14(19)9-8-12-5-2-1-3-6-12/h1-7,10-11H,8-9H2,(H2,16,18)/p+1. The molecule has 2 rings (SSSR count). The van der Waals surface area contributed by atoms with E-state index in [1.807, 2.05) is 30.3 Å². The van der Waals surface area contributed by atoms with Crippen molar-refractivity contribution >= 4 is 11.8 Å². The number of carbonyl (C=O) groups is 1. The van der Waals surface area contributed by atoms with Crippen LogP contribution in [-0.4, -0.2) is 11.8 Å². The Morgan fingerprint density at radius 2 is 2.00 bits per heavy atom. The van der Waals surface area contributed by atoms with E-state index in [0.29, 0.717) is 12.0 Å². The molecule has 0 aliphatic carbocycles. The fourth-order valence-electron chi connectivity index (χ4n) is 1.64.